The minimum Gasteiger partial charge on any atom is -0.329 e. The number of rotatable bonds is 3. The van der Waals surface area contributed by atoms with Gasteiger partial charge < -0.3 is 10.6 Å². The van der Waals surface area contributed by atoms with Gasteiger partial charge in [0.25, 0.3) is 0 Å². The van der Waals surface area contributed by atoms with Crippen molar-refractivity contribution in [3.63, 3.8) is 0 Å². The highest BCUT2D eigenvalue weighted by molar-refractivity contribution is 9.09. The molecule has 0 unspecified atom stereocenters. The third-order valence-electron chi connectivity index (χ3n) is 3.99. The summed E-state index contributed by atoms with van der Waals surface area (Å²) in [6.45, 7) is 4.51. The molecule has 0 bridgehead atoms. The lowest BCUT2D eigenvalue weighted by molar-refractivity contribution is 0.260. The summed E-state index contributed by atoms with van der Waals surface area (Å²) in [6, 6.07) is 0. The lowest BCUT2D eigenvalue weighted by Crippen LogP contribution is -2.30. The van der Waals surface area contributed by atoms with Gasteiger partial charge in [0.1, 0.15) is 0 Å². The third-order valence-corrected chi connectivity index (χ3v) is 4.90. The molecule has 82 valence electrons. The SMILES string of the molecule is NCCN1CC[C@@]2(CC[C@@H](CBr)C2)C1. The fraction of sp³-hybridized carbons (Fsp3) is 1.00. The molecule has 2 rings (SSSR count). The van der Waals surface area contributed by atoms with Crippen molar-refractivity contribution in [3.05, 3.63) is 0 Å². The zero-order valence-electron chi connectivity index (χ0n) is 8.84. The van der Waals surface area contributed by atoms with Gasteiger partial charge >= 0.3 is 0 Å². The molecule has 2 atom stereocenters. The largest absolute Gasteiger partial charge is 0.329 e. The fourth-order valence-corrected chi connectivity index (χ4v) is 3.78. The van der Waals surface area contributed by atoms with Crippen LogP contribution in [0.1, 0.15) is 25.7 Å². The Morgan fingerprint density at radius 1 is 1.43 bits per heavy atom. The van der Waals surface area contributed by atoms with E-state index in [9.17, 15) is 0 Å². The molecule has 1 saturated carbocycles. The van der Waals surface area contributed by atoms with Crippen LogP contribution in [0.3, 0.4) is 0 Å². The Hall–Kier alpha value is 0.400. The predicted molar refractivity (Wildman–Crippen MR) is 63.7 cm³/mol. The van der Waals surface area contributed by atoms with E-state index in [1.165, 1.54) is 44.1 Å². The van der Waals surface area contributed by atoms with Gasteiger partial charge in [-0.2, -0.15) is 0 Å². The van der Waals surface area contributed by atoms with E-state index in [2.05, 4.69) is 20.8 Å². The number of hydrogen-bond donors (Lipinski definition) is 1. The van der Waals surface area contributed by atoms with Crippen molar-refractivity contribution >= 4 is 15.9 Å². The molecular formula is C11H21BrN2. The van der Waals surface area contributed by atoms with Crippen molar-refractivity contribution < 1.29 is 0 Å². The normalized spacial score (nSPS) is 38.6. The molecule has 1 saturated heterocycles. The number of halogens is 1. The molecule has 2 fully saturated rings. The first-order valence-corrected chi connectivity index (χ1v) is 6.88. The molecule has 2 nitrogen and oxygen atoms in total. The van der Waals surface area contributed by atoms with E-state index in [4.69, 9.17) is 5.73 Å². The summed E-state index contributed by atoms with van der Waals surface area (Å²) in [5.41, 5.74) is 6.27. The Labute approximate surface area is 95.3 Å². The van der Waals surface area contributed by atoms with Crippen LogP contribution >= 0.6 is 15.9 Å². The standard InChI is InChI=1S/C11H21BrN2/c12-8-10-1-2-11(7-10)3-5-14(9-11)6-4-13/h10H,1-9,13H2/t10-,11-/m1/s1. The van der Waals surface area contributed by atoms with Gasteiger partial charge in [0.2, 0.25) is 0 Å². The second-order valence-corrected chi connectivity index (χ2v) is 5.73. The summed E-state index contributed by atoms with van der Waals surface area (Å²) in [5, 5.41) is 1.20. The Bertz CT molecular complexity index is 198. The van der Waals surface area contributed by atoms with Crippen LogP contribution in [0.4, 0.5) is 0 Å². The Kier molecular flexibility index (Phi) is 3.50. The smallest absolute Gasteiger partial charge is 0.0105 e. The second kappa shape index (κ2) is 4.50. The van der Waals surface area contributed by atoms with Crippen LogP contribution in [0.2, 0.25) is 0 Å². The number of alkyl halides is 1. The number of likely N-dealkylation sites (tertiary alicyclic amines) is 1. The first-order chi connectivity index (χ1) is 6.78. The highest BCUT2D eigenvalue weighted by Gasteiger charge is 2.43. The first-order valence-electron chi connectivity index (χ1n) is 5.76. The van der Waals surface area contributed by atoms with Gasteiger partial charge in [-0.25, -0.2) is 0 Å². The molecule has 14 heavy (non-hydrogen) atoms. The average Bonchev–Trinajstić information content (AvgIpc) is 2.76. The van der Waals surface area contributed by atoms with E-state index in [1.54, 1.807) is 0 Å². The van der Waals surface area contributed by atoms with Crippen molar-refractivity contribution in [3.8, 4) is 0 Å². The van der Waals surface area contributed by atoms with E-state index in [0.717, 1.165) is 19.0 Å². The van der Waals surface area contributed by atoms with Crippen molar-refractivity contribution in [2.45, 2.75) is 25.7 Å². The van der Waals surface area contributed by atoms with Crippen molar-refractivity contribution in [2.75, 3.05) is 31.5 Å². The summed E-state index contributed by atoms with van der Waals surface area (Å²) in [5.74, 6) is 0.938. The maximum atomic E-state index is 5.60. The van der Waals surface area contributed by atoms with Crippen LogP contribution in [0.25, 0.3) is 0 Å². The van der Waals surface area contributed by atoms with E-state index in [0.29, 0.717) is 5.41 Å². The highest BCUT2D eigenvalue weighted by atomic mass is 79.9. The van der Waals surface area contributed by atoms with E-state index >= 15 is 0 Å². The lowest BCUT2D eigenvalue weighted by Gasteiger charge is -2.24. The zero-order chi connectivity index (χ0) is 10.0. The average molecular weight is 261 g/mol. The zero-order valence-corrected chi connectivity index (χ0v) is 10.4. The minimum atomic E-state index is 0.674. The summed E-state index contributed by atoms with van der Waals surface area (Å²) in [4.78, 5) is 2.55. The van der Waals surface area contributed by atoms with Crippen molar-refractivity contribution in [1.82, 2.24) is 4.90 Å². The monoisotopic (exact) mass is 260 g/mol. The summed E-state index contributed by atoms with van der Waals surface area (Å²) in [6.07, 6.45) is 5.74. The molecule has 1 aliphatic carbocycles. The van der Waals surface area contributed by atoms with Crippen LogP contribution in [0, 0.1) is 11.3 Å². The van der Waals surface area contributed by atoms with E-state index < -0.39 is 0 Å². The van der Waals surface area contributed by atoms with Gasteiger partial charge in [0, 0.05) is 25.0 Å². The van der Waals surface area contributed by atoms with Gasteiger partial charge in [-0.15, -0.1) is 0 Å². The van der Waals surface area contributed by atoms with Crippen LogP contribution < -0.4 is 5.73 Å². The molecule has 0 aromatic carbocycles. The molecule has 3 heteroatoms. The molecular weight excluding hydrogens is 240 g/mol. The number of nitrogens with two attached hydrogens (primary N) is 1. The minimum absolute atomic E-state index is 0.674. The number of nitrogens with zero attached hydrogens (tertiary/aromatic N) is 1. The predicted octanol–water partition coefficient (Wildman–Crippen LogP) is 1.83. The fourth-order valence-electron chi connectivity index (χ4n) is 3.23. The molecule has 1 heterocycles. The maximum absolute atomic E-state index is 5.60. The number of hydrogen-bond acceptors (Lipinski definition) is 2. The maximum Gasteiger partial charge on any atom is 0.0105 e. The van der Waals surface area contributed by atoms with E-state index in [-0.39, 0.29) is 0 Å². The first kappa shape index (κ1) is 10.9. The van der Waals surface area contributed by atoms with Crippen molar-refractivity contribution in [2.24, 2.45) is 17.1 Å². The summed E-state index contributed by atoms with van der Waals surface area (Å²) in [7, 11) is 0. The lowest BCUT2D eigenvalue weighted by atomic mass is 9.85. The Morgan fingerprint density at radius 2 is 2.29 bits per heavy atom. The van der Waals surface area contributed by atoms with Gasteiger partial charge in [0.15, 0.2) is 0 Å². The third kappa shape index (κ3) is 2.15. The van der Waals surface area contributed by atoms with Gasteiger partial charge in [0.05, 0.1) is 0 Å². The molecule has 0 aromatic rings. The quantitative estimate of drug-likeness (QED) is 0.785. The summed E-state index contributed by atoms with van der Waals surface area (Å²) >= 11 is 3.62. The molecule has 0 aromatic heterocycles. The summed E-state index contributed by atoms with van der Waals surface area (Å²) < 4.78 is 0. The van der Waals surface area contributed by atoms with Gasteiger partial charge in [-0.1, -0.05) is 15.9 Å². The van der Waals surface area contributed by atoms with Gasteiger partial charge in [-0.05, 0) is 43.6 Å². The van der Waals surface area contributed by atoms with Crippen LogP contribution in [0.5, 0.6) is 0 Å². The molecule has 2 N–H and O–H groups in total. The Morgan fingerprint density at radius 3 is 2.93 bits per heavy atom. The van der Waals surface area contributed by atoms with Crippen molar-refractivity contribution in [1.29, 1.82) is 0 Å². The molecule has 0 amide bonds. The molecule has 1 aliphatic heterocycles. The topological polar surface area (TPSA) is 29.3 Å². The molecule has 2 aliphatic rings. The second-order valence-electron chi connectivity index (χ2n) is 5.08. The van der Waals surface area contributed by atoms with Crippen LogP contribution in [-0.2, 0) is 0 Å². The molecule has 1 spiro atoms. The Balaban J connectivity index is 1.87. The molecule has 0 radical (unpaired) electrons. The van der Waals surface area contributed by atoms with Crippen LogP contribution in [0.15, 0.2) is 0 Å². The highest BCUT2D eigenvalue weighted by Crippen LogP contribution is 2.48. The van der Waals surface area contributed by atoms with Crippen LogP contribution in [-0.4, -0.2) is 36.4 Å². The van der Waals surface area contributed by atoms with Gasteiger partial charge in [-0.3, -0.25) is 0 Å². The van der Waals surface area contributed by atoms with E-state index in [1.807, 2.05) is 0 Å².